The average Bonchev–Trinajstić information content (AvgIpc) is 2.78. The fourth-order valence-corrected chi connectivity index (χ4v) is 5.75. The molecule has 3 rings (SSSR count). The summed E-state index contributed by atoms with van der Waals surface area (Å²) in [6, 6.07) is 20.3. The summed E-state index contributed by atoms with van der Waals surface area (Å²) in [4.78, 5) is 13.5. The summed E-state index contributed by atoms with van der Waals surface area (Å²) in [6.07, 6.45) is 0.798. The first-order valence-electron chi connectivity index (χ1n) is 12.0. The first-order chi connectivity index (χ1) is 15.0. The van der Waals surface area contributed by atoms with Gasteiger partial charge in [-0.1, -0.05) is 48.5 Å². The predicted octanol–water partition coefficient (Wildman–Crippen LogP) is 5.10. The van der Waals surface area contributed by atoms with Crippen LogP contribution in [0.1, 0.15) is 50.0 Å². The Morgan fingerprint density at radius 1 is 1.03 bits per heavy atom. The van der Waals surface area contributed by atoms with Crippen LogP contribution in [0.5, 0.6) is 0 Å². The molecule has 1 saturated heterocycles. The number of hydrogen-bond donors (Lipinski definition) is 0. The smallest absolute Gasteiger partial charge is 0.339 e. The van der Waals surface area contributed by atoms with Gasteiger partial charge in [-0.3, -0.25) is 0 Å². The first kappa shape index (κ1) is 24.5. The summed E-state index contributed by atoms with van der Waals surface area (Å²) >= 11 is 0. The maximum Gasteiger partial charge on any atom is 0.339 e. The highest BCUT2D eigenvalue weighted by Gasteiger charge is 2.63. The van der Waals surface area contributed by atoms with Crippen molar-refractivity contribution in [2.75, 3.05) is 47.3 Å². The van der Waals surface area contributed by atoms with Gasteiger partial charge in [0.25, 0.3) is 0 Å². The highest BCUT2D eigenvalue weighted by Crippen LogP contribution is 2.53. The molecule has 174 valence electrons. The van der Waals surface area contributed by atoms with Crippen molar-refractivity contribution in [2.24, 2.45) is 5.41 Å². The molecule has 0 N–H and O–H groups in total. The molecule has 4 heteroatoms. The predicted molar refractivity (Wildman–Crippen MR) is 131 cm³/mol. The van der Waals surface area contributed by atoms with Crippen LogP contribution in [-0.2, 0) is 10.3 Å². The van der Waals surface area contributed by atoms with Gasteiger partial charge in [0.05, 0.1) is 58.9 Å². The molecule has 0 spiro atoms. The van der Waals surface area contributed by atoms with E-state index in [0.717, 1.165) is 47.1 Å². The van der Waals surface area contributed by atoms with Crippen LogP contribution in [0.25, 0.3) is 0 Å². The van der Waals surface area contributed by atoms with Crippen molar-refractivity contribution in [3.8, 4) is 0 Å². The van der Waals surface area contributed by atoms with Gasteiger partial charge in [0, 0.05) is 6.42 Å². The van der Waals surface area contributed by atoms with Crippen LogP contribution in [0.15, 0.2) is 60.7 Å². The normalized spacial score (nSPS) is 27.7. The minimum Gasteiger partial charge on any atom is -0.449 e. The molecule has 2 aromatic carbocycles. The summed E-state index contributed by atoms with van der Waals surface area (Å²) in [5.74, 6) is -0.234. The van der Waals surface area contributed by atoms with Gasteiger partial charge < -0.3 is 13.7 Å². The Balaban J connectivity index is 2.19. The highest BCUT2D eigenvalue weighted by atomic mass is 16.6. The number of carbonyl (C=O) groups is 1. The van der Waals surface area contributed by atoms with Crippen LogP contribution in [0.3, 0.4) is 0 Å². The Bertz CT molecular complexity index is 908. The van der Waals surface area contributed by atoms with Crippen molar-refractivity contribution < 1.29 is 18.5 Å². The molecule has 0 radical (unpaired) electrons. The van der Waals surface area contributed by atoms with Gasteiger partial charge in [-0.2, -0.15) is 0 Å². The molecule has 1 aliphatic heterocycles. The maximum atomic E-state index is 13.5. The Morgan fingerprint density at radius 3 is 2.09 bits per heavy atom. The number of rotatable bonds is 7. The van der Waals surface area contributed by atoms with E-state index >= 15 is 0 Å². The second-order valence-electron chi connectivity index (χ2n) is 10.9. The van der Waals surface area contributed by atoms with Gasteiger partial charge in [0.2, 0.25) is 0 Å². The number of esters is 1. The SMILES string of the molecule is CC[N+](C)(CC)CC1(C)C[N+](C)(C)C(C)CC1(OC(=O)c1ccccc1)c1ccccc1. The van der Waals surface area contributed by atoms with E-state index in [1.807, 2.05) is 36.4 Å². The third kappa shape index (κ3) is 4.49. The van der Waals surface area contributed by atoms with Crippen molar-refractivity contribution in [1.29, 1.82) is 0 Å². The van der Waals surface area contributed by atoms with Gasteiger partial charge in [-0.05, 0) is 45.4 Å². The van der Waals surface area contributed by atoms with Crippen LogP contribution < -0.4 is 0 Å². The maximum absolute atomic E-state index is 13.5. The van der Waals surface area contributed by atoms with E-state index in [4.69, 9.17) is 4.74 Å². The molecule has 1 aliphatic rings. The van der Waals surface area contributed by atoms with Gasteiger partial charge in [0.1, 0.15) is 5.41 Å². The fourth-order valence-electron chi connectivity index (χ4n) is 5.75. The lowest BCUT2D eigenvalue weighted by atomic mass is 9.62. The van der Waals surface area contributed by atoms with Gasteiger partial charge in [0.15, 0.2) is 5.60 Å². The van der Waals surface area contributed by atoms with Crippen LogP contribution in [0, 0.1) is 5.41 Å². The lowest BCUT2D eigenvalue weighted by Crippen LogP contribution is -2.70. The lowest BCUT2D eigenvalue weighted by molar-refractivity contribution is -0.949. The molecule has 0 amide bonds. The summed E-state index contributed by atoms with van der Waals surface area (Å²) in [6.45, 7) is 13.2. The standard InChI is InChI=1S/C28H42N2O2/c1-8-30(7,9-2)22-27(4)21-29(5,6)23(3)20-28(27,25-18-14-11-15-19-25)32-26(31)24-16-12-10-13-17-24/h10-19,23H,8-9,20-22H2,1-7H3/q+2. The monoisotopic (exact) mass is 438 g/mol. The minimum atomic E-state index is -0.696. The molecule has 1 heterocycles. The molecule has 3 atom stereocenters. The van der Waals surface area contributed by atoms with E-state index in [2.05, 4.69) is 73.1 Å². The van der Waals surface area contributed by atoms with Crippen LogP contribution in [0.2, 0.25) is 0 Å². The quantitative estimate of drug-likeness (QED) is 0.444. The molecule has 0 bridgehead atoms. The Hall–Kier alpha value is -2.17. The molecule has 0 aliphatic carbocycles. The summed E-state index contributed by atoms with van der Waals surface area (Å²) in [5.41, 5.74) is 0.783. The Morgan fingerprint density at radius 2 is 1.56 bits per heavy atom. The Kier molecular flexibility index (Phi) is 6.88. The zero-order valence-electron chi connectivity index (χ0n) is 21.1. The molecular weight excluding hydrogens is 396 g/mol. The zero-order chi connectivity index (χ0) is 23.6. The first-order valence-corrected chi connectivity index (χ1v) is 12.0. The van der Waals surface area contributed by atoms with E-state index in [1.54, 1.807) is 0 Å². The van der Waals surface area contributed by atoms with Crippen molar-refractivity contribution in [3.05, 3.63) is 71.8 Å². The highest BCUT2D eigenvalue weighted by molar-refractivity contribution is 5.89. The fraction of sp³-hybridized carbons (Fsp3) is 0.536. The third-order valence-electron chi connectivity index (χ3n) is 8.28. The molecule has 1 fully saturated rings. The number of benzene rings is 2. The van der Waals surface area contributed by atoms with E-state index < -0.39 is 5.60 Å². The second kappa shape index (κ2) is 8.99. The largest absolute Gasteiger partial charge is 0.449 e. The third-order valence-corrected chi connectivity index (χ3v) is 8.28. The van der Waals surface area contributed by atoms with Gasteiger partial charge >= 0.3 is 5.97 Å². The lowest BCUT2D eigenvalue weighted by Gasteiger charge is -2.59. The molecule has 32 heavy (non-hydrogen) atoms. The number of carbonyl (C=O) groups excluding carboxylic acids is 1. The number of piperidine rings is 1. The van der Waals surface area contributed by atoms with Crippen molar-refractivity contribution in [1.82, 2.24) is 0 Å². The van der Waals surface area contributed by atoms with E-state index in [1.165, 1.54) is 0 Å². The summed E-state index contributed by atoms with van der Waals surface area (Å²) < 4.78 is 8.57. The molecule has 0 aromatic heterocycles. The minimum absolute atomic E-state index is 0.234. The number of nitrogens with zero attached hydrogens (tertiary/aromatic N) is 2. The average molecular weight is 439 g/mol. The van der Waals surface area contributed by atoms with E-state index in [0.29, 0.717) is 11.6 Å². The van der Waals surface area contributed by atoms with Gasteiger partial charge in [-0.15, -0.1) is 0 Å². The number of hydrogen-bond acceptors (Lipinski definition) is 2. The molecule has 4 nitrogen and oxygen atoms in total. The van der Waals surface area contributed by atoms with E-state index in [-0.39, 0.29) is 11.4 Å². The zero-order valence-corrected chi connectivity index (χ0v) is 21.1. The van der Waals surface area contributed by atoms with Crippen LogP contribution >= 0.6 is 0 Å². The number of quaternary nitrogens is 2. The van der Waals surface area contributed by atoms with Crippen molar-refractivity contribution >= 4 is 5.97 Å². The molecule has 2 aromatic rings. The van der Waals surface area contributed by atoms with Crippen LogP contribution in [-0.4, -0.2) is 68.3 Å². The molecule has 0 saturated carbocycles. The van der Waals surface area contributed by atoms with Crippen molar-refractivity contribution in [2.45, 2.75) is 45.8 Å². The Labute approximate surface area is 195 Å². The topological polar surface area (TPSA) is 26.3 Å². The van der Waals surface area contributed by atoms with Gasteiger partial charge in [-0.25, -0.2) is 4.79 Å². The van der Waals surface area contributed by atoms with E-state index in [9.17, 15) is 4.79 Å². The van der Waals surface area contributed by atoms with Crippen molar-refractivity contribution in [3.63, 3.8) is 0 Å². The summed E-state index contributed by atoms with van der Waals surface area (Å²) in [5, 5.41) is 0. The molecule has 3 unspecified atom stereocenters. The number of ether oxygens (including phenoxy) is 1. The van der Waals surface area contributed by atoms with Crippen LogP contribution in [0.4, 0.5) is 0 Å². The second-order valence-corrected chi connectivity index (χ2v) is 10.9. The summed E-state index contributed by atoms with van der Waals surface area (Å²) in [7, 11) is 6.97. The number of likely N-dealkylation sites (tertiary alicyclic amines) is 1. The molecular formula is C28H42N2O2+2.